The number of hydrogen-bond acceptors (Lipinski definition) is 5. The molecular weight excluding hydrogens is 598 g/mol. The van der Waals surface area contributed by atoms with E-state index in [1.807, 2.05) is 0 Å². The van der Waals surface area contributed by atoms with E-state index in [1.165, 1.54) is 35.0 Å². The Morgan fingerprint density at radius 1 is 1.07 bits per heavy atom. The largest absolute Gasteiger partial charge is 0.488 e. The van der Waals surface area contributed by atoms with Crippen molar-refractivity contribution < 1.29 is 50.6 Å². The minimum Gasteiger partial charge on any atom is -0.488 e. The number of likely N-dealkylation sites (N-methyl/N-ethyl adjacent to an activating group) is 1. The standard InChI is InChI=1S/C29H34F6N4O5/c1-17-14-39(18(2)16-40)26(42)13-19-12-22(36-25(41)10-11-28(30,31)32)8-9-23(19)44-24(17)15-38(3)27(43)37-21-6-4-20(5-7-21)29(33,34)35/h4-9,12,17-18,24,40H,10-11,13-16H2,1-3H3,(H,36,41)(H,37,43)/t17-,18-,24-/m1/s1. The Balaban J connectivity index is 1.82. The van der Waals surface area contributed by atoms with Gasteiger partial charge in [0.2, 0.25) is 11.8 Å². The zero-order valence-electron chi connectivity index (χ0n) is 24.3. The van der Waals surface area contributed by atoms with Gasteiger partial charge in [-0.15, -0.1) is 0 Å². The summed E-state index contributed by atoms with van der Waals surface area (Å²) in [6.07, 6.45) is -12.0. The van der Waals surface area contributed by atoms with Crippen molar-refractivity contribution in [2.24, 2.45) is 5.92 Å². The molecule has 3 N–H and O–H groups in total. The van der Waals surface area contributed by atoms with E-state index in [9.17, 15) is 45.8 Å². The quantitative estimate of drug-likeness (QED) is 0.342. The van der Waals surface area contributed by atoms with Gasteiger partial charge in [0.05, 0.1) is 37.6 Å². The number of carbonyl (C=O) groups is 3. The lowest BCUT2D eigenvalue weighted by atomic mass is 10.0. The summed E-state index contributed by atoms with van der Waals surface area (Å²) in [5.74, 6) is -1.36. The number of amides is 4. The zero-order chi connectivity index (χ0) is 32.8. The summed E-state index contributed by atoms with van der Waals surface area (Å²) in [7, 11) is 1.46. The molecule has 3 atom stereocenters. The lowest BCUT2D eigenvalue weighted by Gasteiger charge is -2.34. The van der Waals surface area contributed by atoms with Gasteiger partial charge in [-0.3, -0.25) is 9.59 Å². The monoisotopic (exact) mass is 632 g/mol. The molecule has 4 amide bonds. The fourth-order valence-electron chi connectivity index (χ4n) is 4.52. The van der Waals surface area contributed by atoms with Crippen LogP contribution in [0.2, 0.25) is 0 Å². The number of rotatable bonds is 8. The van der Waals surface area contributed by atoms with Gasteiger partial charge in [-0.1, -0.05) is 6.92 Å². The minimum atomic E-state index is -4.53. The second-order valence-electron chi connectivity index (χ2n) is 10.8. The molecule has 2 aromatic rings. The SMILES string of the molecule is C[C@@H]1CN([C@H](C)CO)C(=O)Cc2cc(NC(=O)CCC(F)(F)F)ccc2O[C@@H]1CN(C)C(=O)Nc1ccc(C(F)(F)F)cc1. The molecule has 44 heavy (non-hydrogen) atoms. The number of benzene rings is 2. The summed E-state index contributed by atoms with van der Waals surface area (Å²) in [6, 6.07) is 7.06. The van der Waals surface area contributed by atoms with Crippen LogP contribution in [0, 0.1) is 5.92 Å². The predicted molar refractivity (Wildman–Crippen MR) is 149 cm³/mol. The molecular formula is C29H34F6N4O5. The van der Waals surface area contributed by atoms with Crippen LogP contribution in [0.4, 0.5) is 42.5 Å². The number of hydrogen-bond donors (Lipinski definition) is 3. The van der Waals surface area contributed by atoms with E-state index in [2.05, 4.69) is 10.6 Å². The smallest absolute Gasteiger partial charge is 0.416 e. The van der Waals surface area contributed by atoms with Gasteiger partial charge in [0.25, 0.3) is 0 Å². The van der Waals surface area contributed by atoms with Crippen LogP contribution in [0.15, 0.2) is 42.5 Å². The maximum Gasteiger partial charge on any atom is 0.416 e. The molecule has 0 aliphatic carbocycles. The average molecular weight is 633 g/mol. The molecule has 0 aromatic heterocycles. The van der Waals surface area contributed by atoms with Crippen LogP contribution in [0.5, 0.6) is 5.75 Å². The molecule has 0 fully saturated rings. The van der Waals surface area contributed by atoms with Crippen LogP contribution in [-0.4, -0.2) is 77.8 Å². The molecule has 2 aromatic carbocycles. The van der Waals surface area contributed by atoms with Gasteiger partial charge in [0, 0.05) is 42.9 Å². The highest BCUT2D eigenvalue weighted by Gasteiger charge is 2.33. The number of carbonyl (C=O) groups excluding carboxylic acids is 3. The van der Waals surface area contributed by atoms with E-state index in [4.69, 9.17) is 4.74 Å². The van der Waals surface area contributed by atoms with E-state index in [1.54, 1.807) is 13.8 Å². The summed E-state index contributed by atoms with van der Waals surface area (Å²) < 4.78 is 82.5. The first kappa shape index (κ1) is 34.5. The van der Waals surface area contributed by atoms with Gasteiger partial charge < -0.3 is 30.3 Å². The second-order valence-corrected chi connectivity index (χ2v) is 10.8. The first-order chi connectivity index (χ1) is 20.5. The molecule has 0 radical (unpaired) electrons. The summed E-state index contributed by atoms with van der Waals surface area (Å²) >= 11 is 0. The van der Waals surface area contributed by atoms with E-state index < -0.39 is 54.8 Å². The Morgan fingerprint density at radius 2 is 1.70 bits per heavy atom. The molecule has 0 unspecified atom stereocenters. The number of nitrogens with one attached hydrogen (secondary N) is 2. The maximum atomic E-state index is 13.3. The number of nitrogens with zero attached hydrogens (tertiary/aromatic N) is 2. The van der Waals surface area contributed by atoms with Gasteiger partial charge in [0.15, 0.2) is 0 Å². The highest BCUT2D eigenvalue weighted by molar-refractivity contribution is 5.91. The number of aliphatic hydroxyl groups excluding tert-OH is 1. The van der Waals surface area contributed by atoms with Crippen molar-refractivity contribution >= 4 is 29.2 Å². The number of urea groups is 1. The molecule has 0 saturated carbocycles. The number of alkyl halides is 6. The van der Waals surface area contributed by atoms with Crippen LogP contribution >= 0.6 is 0 Å². The van der Waals surface area contributed by atoms with Gasteiger partial charge in [-0.05, 0) is 49.4 Å². The van der Waals surface area contributed by atoms with E-state index >= 15 is 0 Å². The Labute approximate surface area is 250 Å². The van der Waals surface area contributed by atoms with Crippen molar-refractivity contribution in [3.63, 3.8) is 0 Å². The third-order valence-electron chi connectivity index (χ3n) is 7.10. The fourth-order valence-corrected chi connectivity index (χ4v) is 4.52. The maximum absolute atomic E-state index is 13.3. The van der Waals surface area contributed by atoms with Crippen molar-refractivity contribution in [1.29, 1.82) is 0 Å². The van der Waals surface area contributed by atoms with Crippen molar-refractivity contribution in [1.82, 2.24) is 9.80 Å². The number of anilines is 2. The molecule has 0 spiro atoms. The lowest BCUT2D eigenvalue weighted by Crippen LogP contribution is -2.48. The Hall–Kier alpha value is -4.01. The highest BCUT2D eigenvalue weighted by atomic mass is 19.4. The Morgan fingerprint density at radius 3 is 2.30 bits per heavy atom. The van der Waals surface area contributed by atoms with E-state index in [0.29, 0.717) is 5.56 Å². The van der Waals surface area contributed by atoms with Crippen LogP contribution in [0.25, 0.3) is 0 Å². The molecule has 242 valence electrons. The molecule has 15 heteroatoms. The second kappa shape index (κ2) is 14.2. The van der Waals surface area contributed by atoms with Gasteiger partial charge >= 0.3 is 18.4 Å². The summed E-state index contributed by atoms with van der Waals surface area (Å²) in [5.41, 5.74) is -0.238. The van der Waals surface area contributed by atoms with Crippen molar-refractivity contribution in [3.8, 4) is 5.75 Å². The molecule has 0 saturated heterocycles. The van der Waals surface area contributed by atoms with Crippen molar-refractivity contribution in [2.45, 2.75) is 57.6 Å². The van der Waals surface area contributed by atoms with Gasteiger partial charge in [-0.2, -0.15) is 26.3 Å². The predicted octanol–water partition coefficient (Wildman–Crippen LogP) is 5.30. The summed E-state index contributed by atoms with van der Waals surface area (Å²) in [5, 5.41) is 14.7. The molecule has 0 bridgehead atoms. The normalized spacial score (nSPS) is 18.2. The van der Waals surface area contributed by atoms with Crippen LogP contribution < -0.4 is 15.4 Å². The van der Waals surface area contributed by atoms with Gasteiger partial charge in [-0.25, -0.2) is 4.79 Å². The van der Waals surface area contributed by atoms with Crippen molar-refractivity contribution in [3.05, 3.63) is 53.6 Å². The van der Waals surface area contributed by atoms with E-state index in [0.717, 1.165) is 24.3 Å². The summed E-state index contributed by atoms with van der Waals surface area (Å²) in [6.45, 7) is 3.24. The van der Waals surface area contributed by atoms with Crippen LogP contribution in [0.1, 0.15) is 37.8 Å². The number of fused-ring (bicyclic) bond motifs is 1. The number of ether oxygens (including phenoxy) is 1. The third kappa shape index (κ3) is 9.76. The summed E-state index contributed by atoms with van der Waals surface area (Å²) in [4.78, 5) is 41.0. The Bertz CT molecular complexity index is 1320. The first-order valence-corrected chi connectivity index (χ1v) is 13.7. The highest BCUT2D eigenvalue weighted by Crippen LogP contribution is 2.31. The fraction of sp³-hybridized carbons (Fsp3) is 0.483. The number of aliphatic hydroxyl groups is 1. The molecule has 1 heterocycles. The van der Waals surface area contributed by atoms with Crippen LogP contribution in [0.3, 0.4) is 0 Å². The topological polar surface area (TPSA) is 111 Å². The Kier molecular flexibility index (Phi) is 11.1. The molecule has 9 nitrogen and oxygen atoms in total. The van der Waals surface area contributed by atoms with Crippen molar-refractivity contribution in [2.75, 3.05) is 37.4 Å². The minimum absolute atomic E-state index is 0.0153. The van der Waals surface area contributed by atoms with Crippen LogP contribution in [-0.2, 0) is 22.2 Å². The number of halogens is 6. The zero-order valence-corrected chi connectivity index (χ0v) is 24.3. The lowest BCUT2D eigenvalue weighted by molar-refractivity contribution is -0.142. The molecule has 1 aliphatic rings. The van der Waals surface area contributed by atoms with Gasteiger partial charge in [0.1, 0.15) is 11.9 Å². The molecule has 1 aliphatic heterocycles. The third-order valence-corrected chi connectivity index (χ3v) is 7.10. The first-order valence-electron chi connectivity index (χ1n) is 13.7. The molecule has 3 rings (SSSR count). The van der Waals surface area contributed by atoms with E-state index in [-0.39, 0.29) is 55.1 Å². The average Bonchev–Trinajstić information content (AvgIpc) is 2.98.